The number of amides is 1. The van der Waals surface area contributed by atoms with Crippen molar-refractivity contribution >= 4 is 28.3 Å². The summed E-state index contributed by atoms with van der Waals surface area (Å²) in [6.07, 6.45) is -0.269. The van der Waals surface area contributed by atoms with E-state index in [1.54, 1.807) is 13.0 Å². The van der Waals surface area contributed by atoms with Gasteiger partial charge >= 0.3 is 5.97 Å². The summed E-state index contributed by atoms with van der Waals surface area (Å²) in [5.41, 5.74) is 1.21. The average molecular weight is 315 g/mol. The number of aromatic nitrogens is 1. The SMILES string of the molecule is CCOC(=O)c1sc(NC(=O)CC#N)nc1-c1ccccc1. The molecule has 0 aliphatic heterocycles. The monoisotopic (exact) mass is 315 g/mol. The smallest absolute Gasteiger partial charge is 0.350 e. The average Bonchev–Trinajstić information content (AvgIpc) is 2.92. The summed E-state index contributed by atoms with van der Waals surface area (Å²) >= 11 is 1.03. The molecule has 0 aliphatic carbocycles. The first kappa shape index (κ1) is 15.7. The molecule has 1 heterocycles. The largest absolute Gasteiger partial charge is 0.462 e. The van der Waals surface area contributed by atoms with Gasteiger partial charge in [-0.1, -0.05) is 41.7 Å². The molecule has 1 aromatic heterocycles. The summed E-state index contributed by atoms with van der Waals surface area (Å²) in [6, 6.07) is 10.9. The molecule has 1 amide bonds. The number of thiazole rings is 1. The fourth-order valence-electron chi connectivity index (χ4n) is 1.74. The van der Waals surface area contributed by atoms with Crippen molar-refractivity contribution in [1.82, 2.24) is 4.98 Å². The summed E-state index contributed by atoms with van der Waals surface area (Å²) in [7, 11) is 0. The Hall–Kier alpha value is -2.72. The molecule has 1 aromatic carbocycles. The molecule has 0 unspecified atom stereocenters. The van der Waals surface area contributed by atoms with E-state index in [9.17, 15) is 9.59 Å². The maximum atomic E-state index is 12.0. The quantitative estimate of drug-likeness (QED) is 0.856. The lowest BCUT2D eigenvalue weighted by molar-refractivity contribution is -0.115. The molecular formula is C15H13N3O3S. The van der Waals surface area contributed by atoms with Crippen molar-refractivity contribution in [1.29, 1.82) is 5.26 Å². The molecule has 1 N–H and O–H groups in total. The van der Waals surface area contributed by atoms with Crippen molar-refractivity contribution in [2.75, 3.05) is 11.9 Å². The molecule has 0 atom stereocenters. The van der Waals surface area contributed by atoms with Crippen LogP contribution in [-0.2, 0) is 9.53 Å². The Morgan fingerprint density at radius 3 is 2.73 bits per heavy atom. The summed E-state index contributed by atoms with van der Waals surface area (Å²) in [4.78, 5) is 28.1. The van der Waals surface area contributed by atoms with Gasteiger partial charge in [-0.3, -0.25) is 4.79 Å². The van der Waals surface area contributed by atoms with E-state index in [-0.39, 0.29) is 18.2 Å². The minimum absolute atomic E-state index is 0.251. The zero-order chi connectivity index (χ0) is 15.9. The van der Waals surface area contributed by atoms with E-state index in [4.69, 9.17) is 10.00 Å². The standard InChI is InChI=1S/C15H13N3O3S/c1-2-21-14(20)13-12(10-6-4-3-5-7-10)18-15(22-13)17-11(19)8-9-16/h3-7H,2,8H2,1H3,(H,17,18,19). The molecule has 0 radical (unpaired) electrons. The molecule has 0 aliphatic rings. The lowest BCUT2D eigenvalue weighted by atomic mass is 10.1. The van der Waals surface area contributed by atoms with Gasteiger partial charge in [0, 0.05) is 5.56 Å². The zero-order valence-electron chi connectivity index (χ0n) is 11.8. The molecule has 6 nitrogen and oxygen atoms in total. The molecule has 2 rings (SSSR count). The van der Waals surface area contributed by atoms with E-state index in [2.05, 4.69) is 10.3 Å². The van der Waals surface area contributed by atoms with Crippen LogP contribution in [0.4, 0.5) is 5.13 Å². The number of carbonyl (C=O) groups is 2. The van der Waals surface area contributed by atoms with Crippen molar-refractivity contribution in [2.24, 2.45) is 0 Å². The van der Waals surface area contributed by atoms with Crippen LogP contribution in [0.2, 0.25) is 0 Å². The number of rotatable bonds is 5. The Kier molecular flexibility index (Phi) is 5.22. The molecule has 2 aromatic rings. The highest BCUT2D eigenvalue weighted by Gasteiger charge is 2.21. The molecule has 7 heteroatoms. The van der Waals surface area contributed by atoms with Crippen LogP contribution in [-0.4, -0.2) is 23.5 Å². The van der Waals surface area contributed by atoms with E-state index >= 15 is 0 Å². The van der Waals surface area contributed by atoms with Gasteiger partial charge in [-0.05, 0) is 6.92 Å². The molecular weight excluding hydrogens is 302 g/mol. The molecule has 0 fully saturated rings. The normalized spacial score (nSPS) is 9.82. The van der Waals surface area contributed by atoms with Gasteiger partial charge in [0.2, 0.25) is 5.91 Å². The topological polar surface area (TPSA) is 92.1 Å². The van der Waals surface area contributed by atoms with E-state index in [1.165, 1.54) is 0 Å². The third-order valence-electron chi connectivity index (χ3n) is 2.62. The van der Waals surface area contributed by atoms with Gasteiger partial charge in [0.05, 0.1) is 18.4 Å². The number of benzene rings is 1. The maximum absolute atomic E-state index is 12.0. The van der Waals surface area contributed by atoms with Gasteiger partial charge in [0.1, 0.15) is 11.3 Å². The number of nitrogens with one attached hydrogen (secondary N) is 1. The lowest BCUT2D eigenvalue weighted by Crippen LogP contribution is -2.09. The number of ether oxygens (including phenoxy) is 1. The summed E-state index contributed by atoms with van der Waals surface area (Å²) < 4.78 is 5.02. The van der Waals surface area contributed by atoms with Crippen LogP contribution in [0.1, 0.15) is 23.0 Å². The van der Waals surface area contributed by atoms with Gasteiger partial charge < -0.3 is 10.1 Å². The Morgan fingerprint density at radius 2 is 2.09 bits per heavy atom. The summed E-state index contributed by atoms with van der Waals surface area (Å²) in [6.45, 7) is 1.97. The van der Waals surface area contributed by atoms with Crippen LogP contribution < -0.4 is 5.32 Å². The number of nitrogens with zero attached hydrogens (tertiary/aromatic N) is 2. The maximum Gasteiger partial charge on any atom is 0.350 e. The highest BCUT2D eigenvalue weighted by molar-refractivity contribution is 7.18. The number of nitriles is 1. The molecule has 0 bridgehead atoms. The van der Waals surface area contributed by atoms with Gasteiger partial charge in [0.25, 0.3) is 0 Å². The minimum Gasteiger partial charge on any atom is -0.462 e. The van der Waals surface area contributed by atoms with Crippen molar-refractivity contribution in [3.63, 3.8) is 0 Å². The Morgan fingerprint density at radius 1 is 1.36 bits per heavy atom. The van der Waals surface area contributed by atoms with Crippen molar-refractivity contribution in [2.45, 2.75) is 13.3 Å². The van der Waals surface area contributed by atoms with E-state index < -0.39 is 11.9 Å². The van der Waals surface area contributed by atoms with E-state index in [1.807, 2.05) is 30.3 Å². The molecule has 0 saturated carbocycles. The predicted octanol–water partition coefficient (Wildman–Crippen LogP) is 2.84. The van der Waals surface area contributed by atoms with Crippen LogP contribution in [0.5, 0.6) is 0 Å². The van der Waals surface area contributed by atoms with E-state index in [0.29, 0.717) is 10.6 Å². The molecule has 112 valence electrons. The van der Waals surface area contributed by atoms with Crippen molar-refractivity contribution in [3.05, 3.63) is 35.2 Å². The van der Waals surface area contributed by atoms with Crippen LogP contribution in [0, 0.1) is 11.3 Å². The number of carbonyl (C=O) groups excluding carboxylic acids is 2. The number of anilines is 1. The van der Waals surface area contributed by atoms with Crippen molar-refractivity contribution in [3.8, 4) is 17.3 Å². The van der Waals surface area contributed by atoms with Crippen LogP contribution >= 0.6 is 11.3 Å². The Bertz CT molecular complexity index is 719. The number of esters is 1. The second kappa shape index (κ2) is 7.33. The number of hydrogen-bond acceptors (Lipinski definition) is 6. The summed E-state index contributed by atoms with van der Waals surface area (Å²) in [5, 5.41) is 11.3. The fourth-order valence-corrected chi connectivity index (χ4v) is 2.63. The van der Waals surface area contributed by atoms with Crippen LogP contribution in [0.25, 0.3) is 11.3 Å². The first-order valence-corrected chi connectivity index (χ1v) is 7.37. The van der Waals surface area contributed by atoms with Crippen LogP contribution in [0.15, 0.2) is 30.3 Å². The highest BCUT2D eigenvalue weighted by Crippen LogP contribution is 2.31. The van der Waals surface area contributed by atoms with Gasteiger partial charge in [-0.15, -0.1) is 0 Å². The second-order valence-corrected chi connectivity index (χ2v) is 5.17. The molecule has 0 saturated heterocycles. The Labute approximate surface area is 131 Å². The van der Waals surface area contributed by atoms with Crippen molar-refractivity contribution < 1.29 is 14.3 Å². The highest BCUT2D eigenvalue weighted by atomic mass is 32.1. The predicted molar refractivity (Wildman–Crippen MR) is 82.4 cm³/mol. The molecule has 22 heavy (non-hydrogen) atoms. The third-order valence-corrected chi connectivity index (χ3v) is 3.57. The van der Waals surface area contributed by atoms with Gasteiger partial charge in [-0.2, -0.15) is 5.26 Å². The second-order valence-electron chi connectivity index (χ2n) is 4.17. The first-order valence-electron chi connectivity index (χ1n) is 6.56. The Balaban J connectivity index is 2.38. The van der Waals surface area contributed by atoms with Crippen LogP contribution in [0.3, 0.4) is 0 Å². The number of hydrogen-bond donors (Lipinski definition) is 1. The van der Waals surface area contributed by atoms with Gasteiger partial charge in [-0.25, -0.2) is 9.78 Å². The fraction of sp³-hybridized carbons (Fsp3) is 0.200. The molecule has 0 spiro atoms. The summed E-state index contributed by atoms with van der Waals surface area (Å²) in [5.74, 6) is -0.953. The zero-order valence-corrected chi connectivity index (χ0v) is 12.6. The van der Waals surface area contributed by atoms with Gasteiger partial charge in [0.15, 0.2) is 5.13 Å². The van der Waals surface area contributed by atoms with E-state index in [0.717, 1.165) is 16.9 Å². The lowest BCUT2D eigenvalue weighted by Gasteiger charge is -2.01. The third kappa shape index (κ3) is 3.68. The minimum atomic E-state index is -0.486. The first-order chi connectivity index (χ1) is 10.7.